The van der Waals surface area contributed by atoms with Gasteiger partial charge in [-0.1, -0.05) is 32.6 Å². The fourth-order valence-corrected chi connectivity index (χ4v) is 1.85. The number of unbranched alkanes of at least 4 members (excludes halogenated alkanes) is 4. The maximum absolute atomic E-state index is 10.7. The van der Waals surface area contributed by atoms with Gasteiger partial charge in [0.05, 0.1) is 5.56 Å². The lowest BCUT2D eigenvalue weighted by Crippen LogP contribution is -1.91. The summed E-state index contributed by atoms with van der Waals surface area (Å²) < 4.78 is 0. The van der Waals surface area contributed by atoms with E-state index in [0.717, 1.165) is 24.8 Å². The standard InChI is InChI=1S/C14H20O3/c1-2-3-4-5-6-7-11-8-12(10-15)14(17)9-13(11)16/h8-10,16-17H,2-7H2,1H3. The Bertz CT molecular complexity index is 372. The lowest BCUT2D eigenvalue weighted by molar-refractivity contribution is 0.112. The number of aryl methyl sites for hydroxylation is 1. The molecule has 0 unspecified atom stereocenters. The predicted molar refractivity (Wildman–Crippen MR) is 67.6 cm³/mol. The average Bonchev–Trinajstić information content (AvgIpc) is 2.31. The molecule has 0 aromatic heterocycles. The summed E-state index contributed by atoms with van der Waals surface area (Å²) in [4.78, 5) is 10.7. The van der Waals surface area contributed by atoms with Gasteiger partial charge in [-0.2, -0.15) is 0 Å². The molecule has 0 aliphatic carbocycles. The molecule has 0 saturated heterocycles. The predicted octanol–water partition coefficient (Wildman–Crippen LogP) is 3.42. The maximum atomic E-state index is 10.7. The summed E-state index contributed by atoms with van der Waals surface area (Å²) in [6.45, 7) is 2.17. The number of rotatable bonds is 7. The van der Waals surface area contributed by atoms with E-state index < -0.39 is 0 Å². The zero-order chi connectivity index (χ0) is 12.7. The molecule has 0 aliphatic rings. The number of hydrogen-bond acceptors (Lipinski definition) is 3. The highest BCUT2D eigenvalue weighted by Crippen LogP contribution is 2.27. The van der Waals surface area contributed by atoms with Crippen molar-refractivity contribution >= 4 is 6.29 Å². The van der Waals surface area contributed by atoms with Crippen LogP contribution in [-0.2, 0) is 6.42 Å². The van der Waals surface area contributed by atoms with E-state index in [4.69, 9.17) is 0 Å². The molecule has 0 heterocycles. The van der Waals surface area contributed by atoms with Gasteiger partial charge in [-0.15, -0.1) is 0 Å². The normalized spacial score (nSPS) is 10.4. The molecule has 17 heavy (non-hydrogen) atoms. The largest absolute Gasteiger partial charge is 0.508 e. The molecule has 0 fully saturated rings. The van der Waals surface area contributed by atoms with Gasteiger partial charge in [-0.3, -0.25) is 4.79 Å². The minimum atomic E-state index is -0.160. The Kier molecular flexibility index (Phi) is 5.53. The first-order valence-electron chi connectivity index (χ1n) is 6.19. The second kappa shape index (κ2) is 6.94. The van der Waals surface area contributed by atoms with E-state index in [2.05, 4.69) is 6.92 Å². The second-order valence-electron chi connectivity index (χ2n) is 4.32. The summed E-state index contributed by atoms with van der Waals surface area (Å²) in [7, 11) is 0. The van der Waals surface area contributed by atoms with Crippen LogP contribution in [-0.4, -0.2) is 16.5 Å². The summed E-state index contributed by atoms with van der Waals surface area (Å²) >= 11 is 0. The van der Waals surface area contributed by atoms with Crippen molar-refractivity contribution in [3.63, 3.8) is 0 Å². The summed E-state index contributed by atoms with van der Waals surface area (Å²) in [5.74, 6) is -0.0872. The molecule has 1 rings (SSSR count). The number of carbonyl (C=O) groups is 1. The number of phenols is 2. The molecular formula is C14H20O3. The van der Waals surface area contributed by atoms with Crippen molar-refractivity contribution in [2.75, 3.05) is 0 Å². The highest BCUT2D eigenvalue weighted by atomic mass is 16.3. The Labute approximate surface area is 102 Å². The van der Waals surface area contributed by atoms with Crippen LogP contribution in [0.3, 0.4) is 0 Å². The first kappa shape index (κ1) is 13.6. The molecule has 0 radical (unpaired) electrons. The van der Waals surface area contributed by atoms with Gasteiger partial charge in [0, 0.05) is 6.07 Å². The molecule has 3 heteroatoms. The number of phenolic OH excluding ortho intramolecular Hbond substituents is 2. The van der Waals surface area contributed by atoms with Crippen LogP contribution in [0.1, 0.15) is 54.9 Å². The molecule has 1 aromatic carbocycles. The summed E-state index contributed by atoms with van der Waals surface area (Å²) in [6.07, 6.45) is 7.13. The monoisotopic (exact) mass is 236 g/mol. The molecule has 0 aliphatic heterocycles. The Hall–Kier alpha value is -1.51. The van der Waals surface area contributed by atoms with Crippen molar-refractivity contribution in [2.45, 2.75) is 45.4 Å². The fourth-order valence-electron chi connectivity index (χ4n) is 1.85. The van der Waals surface area contributed by atoms with E-state index in [1.165, 1.54) is 25.3 Å². The molecule has 0 bridgehead atoms. The molecule has 0 atom stereocenters. The third-order valence-corrected chi connectivity index (χ3v) is 2.90. The molecule has 3 nitrogen and oxygen atoms in total. The van der Waals surface area contributed by atoms with Crippen molar-refractivity contribution in [3.8, 4) is 11.5 Å². The van der Waals surface area contributed by atoms with Crippen LogP contribution in [0, 0.1) is 0 Å². The van der Waals surface area contributed by atoms with Crippen LogP contribution < -0.4 is 0 Å². The highest BCUT2D eigenvalue weighted by Gasteiger charge is 2.07. The van der Waals surface area contributed by atoms with E-state index in [9.17, 15) is 15.0 Å². The van der Waals surface area contributed by atoms with E-state index in [1.54, 1.807) is 6.07 Å². The highest BCUT2D eigenvalue weighted by molar-refractivity contribution is 5.80. The minimum absolute atomic E-state index is 0.0728. The number of aromatic hydroxyl groups is 2. The molecule has 2 N–H and O–H groups in total. The first-order chi connectivity index (χ1) is 8.19. The molecule has 94 valence electrons. The second-order valence-corrected chi connectivity index (χ2v) is 4.32. The fraction of sp³-hybridized carbons (Fsp3) is 0.500. The van der Waals surface area contributed by atoms with Gasteiger partial charge in [-0.05, 0) is 24.5 Å². The number of hydrogen-bond donors (Lipinski definition) is 2. The van der Waals surface area contributed by atoms with Crippen molar-refractivity contribution in [1.29, 1.82) is 0 Å². The smallest absolute Gasteiger partial charge is 0.153 e. The van der Waals surface area contributed by atoms with Crippen molar-refractivity contribution in [1.82, 2.24) is 0 Å². The van der Waals surface area contributed by atoms with Crippen LogP contribution in [0.25, 0.3) is 0 Å². The maximum Gasteiger partial charge on any atom is 0.153 e. The SMILES string of the molecule is CCCCCCCc1cc(C=O)c(O)cc1O. The molecule has 0 amide bonds. The molecular weight excluding hydrogens is 216 g/mol. The average molecular weight is 236 g/mol. The van der Waals surface area contributed by atoms with Gasteiger partial charge in [0.25, 0.3) is 0 Å². The number of aldehydes is 1. The van der Waals surface area contributed by atoms with Crippen LogP contribution in [0.5, 0.6) is 11.5 Å². The number of benzene rings is 1. The van der Waals surface area contributed by atoms with Crippen molar-refractivity contribution in [3.05, 3.63) is 23.3 Å². The zero-order valence-corrected chi connectivity index (χ0v) is 10.3. The van der Waals surface area contributed by atoms with Gasteiger partial charge >= 0.3 is 0 Å². The van der Waals surface area contributed by atoms with Gasteiger partial charge in [0.15, 0.2) is 6.29 Å². The van der Waals surface area contributed by atoms with Crippen molar-refractivity contribution in [2.24, 2.45) is 0 Å². The topological polar surface area (TPSA) is 57.5 Å². The molecule has 1 aromatic rings. The minimum Gasteiger partial charge on any atom is -0.508 e. The van der Waals surface area contributed by atoms with Gasteiger partial charge < -0.3 is 10.2 Å². The molecule has 0 spiro atoms. The summed E-state index contributed by atoms with van der Waals surface area (Å²) in [5.41, 5.74) is 0.979. The van der Waals surface area contributed by atoms with Crippen LogP contribution in [0.15, 0.2) is 12.1 Å². The van der Waals surface area contributed by atoms with Crippen LogP contribution in [0.2, 0.25) is 0 Å². The summed E-state index contributed by atoms with van der Waals surface area (Å²) in [5, 5.41) is 19.0. The van der Waals surface area contributed by atoms with E-state index in [1.807, 2.05) is 0 Å². The van der Waals surface area contributed by atoms with E-state index >= 15 is 0 Å². The Morgan fingerprint density at radius 3 is 2.41 bits per heavy atom. The number of carbonyl (C=O) groups excluding carboxylic acids is 1. The quantitative estimate of drug-likeness (QED) is 0.563. The van der Waals surface area contributed by atoms with Crippen LogP contribution >= 0.6 is 0 Å². The van der Waals surface area contributed by atoms with Crippen molar-refractivity contribution < 1.29 is 15.0 Å². The zero-order valence-electron chi connectivity index (χ0n) is 10.3. The van der Waals surface area contributed by atoms with Gasteiger partial charge in [0.1, 0.15) is 11.5 Å². The third kappa shape index (κ3) is 4.10. The first-order valence-corrected chi connectivity index (χ1v) is 6.19. The third-order valence-electron chi connectivity index (χ3n) is 2.90. The van der Waals surface area contributed by atoms with E-state index in [-0.39, 0.29) is 17.1 Å². The van der Waals surface area contributed by atoms with Gasteiger partial charge in [-0.25, -0.2) is 0 Å². The Morgan fingerprint density at radius 1 is 1.06 bits per heavy atom. The van der Waals surface area contributed by atoms with Crippen LogP contribution in [0.4, 0.5) is 0 Å². The lowest BCUT2D eigenvalue weighted by atomic mass is 10.0. The Balaban J connectivity index is 2.55. The Morgan fingerprint density at radius 2 is 1.76 bits per heavy atom. The van der Waals surface area contributed by atoms with Gasteiger partial charge in [0.2, 0.25) is 0 Å². The lowest BCUT2D eigenvalue weighted by Gasteiger charge is -2.07. The van der Waals surface area contributed by atoms with E-state index in [0.29, 0.717) is 6.29 Å². The molecule has 0 saturated carbocycles. The summed E-state index contributed by atoms with van der Waals surface area (Å²) in [6, 6.07) is 2.81.